The van der Waals surface area contributed by atoms with Crippen LogP contribution in [0.1, 0.15) is 10.4 Å². The third kappa shape index (κ3) is 1.46. The zero-order valence-electron chi connectivity index (χ0n) is 8.68. The molecule has 6 nitrogen and oxygen atoms in total. The van der Waals surface area contributed by atoms with Gasteiger partial charge >= 0.3 is 0 Å². The summed E-state index contributed by atoms with van der Waals surface area (Å²) in [5.41, 5.74) is 6.92. The summed E-state index contributed by atoms with van der Waals surface area (Å²) in [7, 11) is 0. The second-order valence-electron chi connectivity index (χ2n) is 3.53. The Labute approximate surface area is 95.4 Å². The molecule has 2 heterocycles. The highest BCUT2D eigenvalue weighted by molar-refractivity contribution is 6.04. The topological polar surface area (TPSA) is 97.8 Å². The third-order valence-electron chi connectivity index (χ3n) is 2.45. The Balaban J connectivity index is 2.26. The number of benzene rings is 1. The van der Waals surface area contributed by atoms with Crippen molar-refractivity contribution in [2.45, 2.75) is 0 Å². The van der Waals surface area contributed by atoms with Gasteiger partial charge in [0.1, 0.15) is 5.52 Å². The van der Waals surface area contributed by atoms with Gasteiger partial charge in [-0.05, 0) is 12.1 Å². The third-order valence-corrected chi connectivity index (χ3v) is 2.45. The molecule has 0 fully saturated rings. The first-order valence-electron chi connectivity index (χ1n) is 4.95. The number of nitrogens with zero attached hydrogens (tertiary/aromatic N) is 2. The van der Waals surface area contributed by atoms with Crippen molar-refractivity contribution in [3.8, 4) is 11.6 Å². The van der Waals surface area contributed by atoms with Crippen LogP contribution in [0.5, 0.6) is 0 Å². The van der Waals surface area contributed by atoms with Gasteiger partial charge in [-0.1, -0.05) is 11.2 Å². The average Bonchev–Trinajstić information content (AvgIpc) is 2.96. The maximum absolute atomic E-state index is 11.2. The largest absolute Gasteiger partial charge is 0.366 e. The van der Waals surface area contributed by atoms with Gasteiger partial charge in [-0.25, -0.2) is 4.98 Å². The van der Waals surface area contributed by atoms with Gasteiger partial charge in [-0.2, -0.15) is 0 Å². The number of para-hydroxylation sites is 1. The van der Waals surface area contributed by atoms with E-state index in [1.165, 1.54) is 6.20 Å². The molecule has 0 saturated carbocycles. The fourth-order valence-corrected chi connectivity index (χ4v) is 1.69. The van der Waals surface area contributed by atoms with E-state index in [1.807, 2.05) is 6.07 Å². The molecule has 0 aliphatic heterocycles. The van der Waals surface area contributed by atoms with Crippen LogP contribution in [0.3, 0.4) is 0 Å². The van der Waals surface area contributed by atoms with Crippen LogP contribution in [0.15, 0.2) is 35.0 Å². The van der Waals surface area contributed by atoms with Crippen molar-refractivity contribution in [1.29, 1.82) is 0 Å². The Hall–Kier alpha value is -2.63. The van der Waals surface area contributed by atoms with Gasteiger partial charge in [0.05, 0.1) is 17.3 Å². The van der Waals surface area contributed by atoms with Crippen molar-refractivity contribution in [1.82, 2.24) is 15.1 Å². The molecule has 0 unspecified atom stereocenters. The summed E-state index contributed by atoms with van der Waals surface area (Å²) in [6.07, 6.45) is 1.53. The standard InChI is InChI=1S/C11H8N4O2/c12-10(16)6-2-1-3-7-9(6)15-11(14-7)8-4-5-13-17-8/h1-5H,(H2,12,16)(H,14,15). The van der Waals surface area contributed by atoms with Crippen LogP contribution in [0, 0.1) is 0 Å². The van der Waals surface area contributed by atoms with Gasteiger partial charge < -0.3 is 15.2 Å². The van der Waals surface area contributed by atoms with E-state index in [9.17, 15) is 4.79 Å². The SMILES string of the molecule is NC(=O)c1cccc2[nH]c(-c3ccno3)nc12. The lowest BCUT2D eigenvalue weighted by Crippen LogP contribution is -2.11. The molecule has 3 rings (SSSR count). The molecule has 0 aliphatic rings. The van der Waals surface area contributed by atoms with E-state index in [2.05, 4.69) is 15.1 Å². The van der Waals surface area contributed by atoms with Gasteiger partial charge in [0, 0.05) is 6.07 Å². The number of aromatic nitrogens is 3. The average molecular weight is 228 g/mol. The van der Waals surface area contributed by atoms with E-state index in [1.54, 1.807) is 18.2 Å². The molecule has 3 N–H and O–H groups in total. The Morgan fingerprint density at radius 2 is 2.24 bits per heavy atom. The van der Waals surface area contributed by atoms with Crippen molar-refractivity contribution in [2.24, 2.45) is 5.73 Å². The molecule has 0 atom stereocenters. The summed E-state index contributed by atoms with van der Waals surface area (Å²) >= 11 is 0. The zero-order valence-corrected chi connectivity index (χ0v) is 8.68. The smallest absolute Gasteiger partial charge is 0.250 e. The number of fused-ring (bicyclic) bond motifs is 1. The normalized spacial score (nSPS) is 10.8. The minimum atomic E-state index is -0.508. The molecule has 1 aromatic carbocycles. The van der Waals surface area contributed by atoms with E-state index in [0.29, 0.717) is 22.7 Å². The second-order valence-corrected chi connectivity index (χ2v) is 3.53. The van der Waals surface area contributed by atoms with Gasteiger partial charge in [-0.15, -0.1) is 0 Å². The Morgan fingerprint density at radius 1 is 1.35 bits per heavy atom. The van der Waals surface area contributed by atoms with Crippen molar-refractivity contribution < 1.29 is 9.32 Å². The number of hydrogen-bond acceptors (Lipinski definition) is 4. The molecule has 3 aromatic rings. The van der Waals surface area contributed by atoms with Crippen molar-refractivity contribution in [2.75, 3.05) is 0 Å². The van der Waals surface area contributed by atoms with Crippen LogP contribution in [-0.4, -0.2) is 21.0 Å². The molecule has 0 spiro atoms. The molecule has 0 radical (unpaired) electrons. The summed E-state index contributed by atoms with van der Waals surface area (Å²) in [4.78, 5) is 18.6. The number of nitrogens with two attached hydrogens (primary N) is 1. The second kappa shape index (κ2) is 3.44. The number of imidazole rings is 1. The summed E-state index contributed by atoms with van der Waals surface area (Å²) < 4.78 is 4.99. The number of carbonyl (C=O) groups is 1. The van der Waals surface area contributed by atoms with Crippen LogP contribution >= 0.6 is 0 Å². The van der Waals surface area contributed by atoms with Crippen LogP contribution < -0.4 is 5.73 Å². The number of aromatic amines is 1. The molecule has 0 bridgehead atoms. The first-order chi connectivity index (χ1) is 8.25. The summed E-state index contributed by atoms with van der Waals surface area (Å²) in [5.74, 6) is 0.522. The number of rotatable bonds is 2. The minimum absolute atomic E-state index is 0.379. The van der Waals surface area contributed by atoms with E-state index >= 15 is 0 Å². The van der Waals surface area contributed by atoms with Gasteiger partial charge in [-0.3, -0.25) is 4.79 Å². The monoisotopic (exact) mass is 228 g/mol. The quantitative estimate of drug-likeness (QED) is 0.691. The van der Waals surface area contributed by atoms with Crippen LogP contribution in [0.4, 0.5) is 0 Å². The first-order valence-corrected chi connectivity index (χ1v) is 4.95. The Bertz CT molecular complexity index is 685. The minimum Gasteiger partial charge on any atom is -0.366 e. The maximum Gasteiger partial charge on any atom is 0.250 e. The molecule has 1 amide bonds. The number of carbonyl (C=O) groups excluding carboxylic acids is 1. The summed E-state index contributed by atoms with van der Waals surface area (Å²) in [6.45, 7) is 0. The number of amides is 1. The summed E-state index contributed by atoms with van der Waals surface area (Å²) in [5, 5.41) is 3.60. The Morgan fingerprint density at radius 3 is 2.94 bits per heavy atom. The van der Waals surface area contributed by atoms with Crippen molar-refractivity contribution in [3.05, 3.63) is 36.0 Å². The molecule has 2 aromatic heterocycles. The van der Waals surface area contributed by atoms with Crippen LogP contribution in [0.2, 0.25) is 0 Å². The number of hydrogen-bond donors (Lipinski definition) is 2. The molecule has 0 saturated heterocycles. The van der Waals surface area contributed by atoms with E-state index in [-0.39, 0.29) is 0 Å². The highest BCUT2D eigenvalue weighted by Gasteiger charge is 2.13. The summed E-state index contributed by atoms with van der Waals surface area (Å²) in [6, 6.07) is 6.87. The number of primary amides is 1. The highest BCUT2D eigenvalue weighted by atomic mass is 16.5. The first kappa shape index (κ1) is 9.59. The Kier molecular flexibility index (Phi) is 1.94. The predicted molar refractivity (Wildman–Crippen MR) is 60.1 cm³/mol. The van der Waals surface area contributed by atoms with Gasteiger partial charge in [0.2, 0.25) is 5.76 Å². The van der Waals surface area contributed by atoms with Gasteiger partial charge in [0.25, 0.3) is 5.91 Å². The number of H-pyrrole nitrogens is 1. The van der Waals surface area contributed by atoms with Crippen LogP contribution in [-0.2, 0) is 0 Å². The van der Waals surface area contributed by atoms with Gasteiger partial charge in [0.15, 0.2) is 5.82 Å². The van der Waals surface area contributed by atoms with E-state index < -0.39 is 5.91 Å². The van der Waals surface area contributed by atoms with Crippen molar-refractivity contribution >= 4 is 16.9 Å². The maximum atomic E-state index is 11.2. The predicted octanol–water partition coefficient (Wildman–Crippen LogP) is 1.32. The zero-order chi connectivity index (χ0) is 11.8. The molecule has 17 heavy (non-hydrogen) atoms. The van der Waals surface area contributed by atoms with E-state index in [4.69, 9.17) is 10.3 Å². The lowest BCUT2D eigenvalue weighted by molar-refractivity contribution is 0.100. The lowest BCUT2D eigenvalue weighted by Gasteiger charge is -1.94. The molecule has 6 heteroatoms. The fourth-order valence-electron chi connectivity index (χ4n) is 1.69. The fraction of sp³-hybridized carbons (Fsp3) is 0. The molecule has 0 aliphatic carbocycles. The van der Waals surface area contributed by atoms with Crippen molar-refractivity contribution in [3.63, 3.8) is 0 Å². The van der Waals surface area contributed by atoms with Crippen LogP contribution in [0.25, 0.3) is 22.6 Å². The molecular weight excluding hydrogens is 220 g/mol. The lowest BCUT2D eigenvalue weighted by atomic mass is 10.2. The molecule has 84 valence electrons. The number of nitrogens with one attached hydrogen (secondary N) is 1. The highest BCUT2D eigenvalue weighted by Crippen LogP contribution is 2.22. The van der Waals surface area contributed by atoms with E-state index in [0.717, 1.165) is 5.52 Å². The molecular formula is C11H8N4O2.